The number of phenols is 1. The monoisotopic (exact) mass is 233 g/mol. The van der Waals surface area contributed by atoms with Crippen LogP contribution in [-0.4, -0.2) is 24.3 Å². The largest absolute Gasteiger partial charge is 0.503 e. The Morgan fingerprint density at radius 1 is 1.53 bits per heavy atom. The number of esters is 1. The van der Waals surface area contributed by atoms with Gasteiger partial charge in [-0.15, -0.1) is 0 Å². The van der Waals surface area contributed by atoms with E-state index in [1.807, 2.05) is 6.07 Å². The highest BCUT2D eigenvalue weighted by atomic mass is 16.5. The maximum absolute atomic E-state index is 11.4. The molecule has 0 radical (unpaired) electrons. The molecule has 1 N–H and O–H groups in total. The van der Waals surface area contributed by atoms with E-state index in [-0.39, 0.29) is 28.7 Å². The quantitative estimate of drug-likeness (QED) is 0.802. The molecule has 0 spiro atoms. The van der Waals surface area contributed by atoms with Crippen molar-refractivity contribution in [2.24, 2.45) is 0 Å². The number of methoxy groups -OCH3 is 1. The number of aromatic hydroxyl groups is 1. The highest BCUT2D eigenvalue weighted by Gasteiger charge is 2.26. The molecule has 0 amide bonds. The van der Waals surface area contributed by atoms with Crippen LogP contribution in [0.25, 0.3) is 0 Å². The van der Waals surface area contributed by atoms with Crippen molar-refractivity contribution in [1.82, 2.24) is 0 Å². The minimum absolute atomic E-state index is 0.00329. The second-order valence-electron chi connectivity index (χ2n) is 3.79. The van der Waals surface area contributed by atoms with Gasteiger partial charge in [0.1, 0.15) is 6.07 Å². The predicted octanol–water partition coefficient (Wildman–Crippen LogP) is 1.59. The van der Waals surface area contributed by atoms with Crippen molar-refractivity contribution in [1.29, 1.82) is 5.26 Å². The van der Waals surface area contributed by atoms with Crippen LogP contribution in [0.4, 0.5) is 0 Å². The Hall–Kier alpha value is -2.22. The van der Waals surface area contributed by atoms with Crippen LogP contribution in [0.3, 0.4) is 0 Å². The van der Waals surface area contributed by atoms with Gasteiger partial charge in [0.05, 0.1) is 24.3 Å². The molecule has 1 aliphatic rings. The third kappa shape index (κ3) is 2.31. The molecule has 0 unspecified atom stereocenters. The van der Waals surface area contributed by atoms with Gasteiger partial charge in [-0.25, -0.2) is 4.79 Å². The third-order valence-corrected chi connectivity index (χ3v) is 2.43. The first-order valence-electron chi connectivity index (χ1n) is 5.17. The zero-order valence-corrected chi connectivity index (χ0v) is 9.27. The third-order valence-electron chi connectivity index (χ3n) is 2.43. The van der Waals surface area contributed by atoms with Crippen molar-refractivity contribution in [3.63, 3.8) is 0 Å². The topological polar surface area (TPSA) is 79.6 Å². The molecule has 1 aromatic rings. The number of nitriles is 1. The van der Waals surface area contributed by atoms with Gasteiger partial charge in [-0.2, -0.15) is 5.26 Å². The van der Waals surface area contributed by atoms with Gasteiger partial charge in [-0.1, -0.05) is 0 Å². The summed E-state index contributed by atoms with van der Waals surface area (Å²) in [6.45, 7) is 0. The Morgan fingerprint density at radius 2 is 2.24 bits per heavy atom. The Kier molecular flexibility index (Phi) is 2.88. The van der Waals surface area contributed by atoms with E-state index in [4.69, 9.17) is 10.00 Å². The Labute approximate surface area is 98.2 Å². The molecule has 1 aromatic carbocycles. The van der Waals surface area contributed by atoms with E-state index in [1.54, 1.807) is 0 Å². The van der Waals surface area contributed by atoms with Crippen molar-refractivity contribution in [2.45, 2.75) is 18.9 Å². The lowest BCUT2D eigenvalue weighted by molar-refractivity contribution is 0.0600. The average Bonchev–Trinajstić information content (AvgIpc) is 3.14. The van der Waals surface area contributed by atoms with Crippen molar-refractivity contribution in [3.8, 4) is 17.6 Å². The lowest BCUT2D eigenvalue weighted by Crippen LogP contribution is -2.04. The van der Waals surface area contributed by atoms with Gasteiger partial charge in [0.25, 0.3) is 0 Å². The number of carbonyl (C=O) groups is 1. The first-order valence-corrected chi connectivity index (χ1v) is 5.17. The molecule has 5 nitrogen and oxygen atoms in total. The van der Waals surface area contributed by atoms with Gasteiger partial charge < -0.3 is 14.6 Å². The molecule has 0 heterocycles. The molecule has 1 saturated carbocycles. The molecule has 0 aliphatic heterocycles. The maximum Gasteiger partial charge on any atom is 0.338 e. The fourth-order valence-corrected chi connectivity index (χ4v) is 1.38. The molecule has 0 bridgehead atoms. The van der Waals surface area contributed by atoms with E-state index < -0.39 is 5.97 Å². The summed E-state index contributed by atoms with van der Waals surface area (Å²) in [7, 11) is 1.25. The summed E-state index contributed by atoms with van der Waals surface area (Å²) >= 11 is 0. The van der Waals surface area contributed by atoms with Crippen molar-refractivity contribution in [3.05, 3.63) is 23.3 Å². The standard InChI is InChI=1S/C12H11NO4/c1-16-12(15)7-4-8(6-13)11(14)10(5-7)17-9-2-3-9/h4-5,9,14H,2-3H2,1H3. The molecule has 1 fully saturated rings. The zero-order chi connectivity index (χ0) is 12.4. The van der Waals surface area contributed by atoms with Gasteiger partial charge in [0.15, 0.2) is 11.5 Å². The number of carbonyl (C=O) groups excluding carboxylic acids is 1. The Bertz CT molecular complexity index is 500. The van der Waals surface area contributed by atoms with Crippen molar-refractivity contribution >= 4 is 5.97 Å². The van der Waals surface area contributed by atoms with Gasteiger partial charge in [0, 0.05) is 0 Å². The number of benzene rings is 1. The molecule has 88 valence electrons. The highest BCUT2D eigenvalue weighted by molar-refractivity contribution is 5.91. The van der Waals surface area contributed by atoms with Crippen molar-refractivity contribution < 1.29 is 19.4 Å². The van der Waals surface area contributed by atoms with E-state index >= 15 is 0 Å². The number of ether oxygens (including phenoxy) is 2. The second-order valence-corrected chi connectivity index (χ2v) is 3.79. The minimum atomic E-state index is -0.567. The summed E-state index contributed by atoms with van der Waals surface area (Å²) in [5.74, 6) is -0.638. The van der Waals surface area contributed by atoms with Crippen LogP contribution < -0.4 is 4.74 Å². The molecule has 0 saturated heterocycles. The van der Waals surface area contributed by atoms with E-state index in [0.29, 0.717) is 0 Å². The van der Waals surface area contributed by atoms with Crippen LogP contribution in [0, 0.1) is 11.3 Å². The lowest BCUT2D eigenvalue weighted by Gasteiger charge is -2.09. The van der Waals surface area contributed by atoms with E-state index in [9.17, 15) is 9.90 Å². The molecule has 0 aromatic heterocycles. The summed E-state index contributed by atoms with van der Waals surface area (Å²) in [4.78, 5) is 11.4. The maximum atomic E-state index is 11.4. The van der Waals surface area contributed by atoms with Crippen LogP contribution in [0.5, 0.6) is 11.5 Å². The molecule has 2 rings (SSSR count). The number of hydrogen-bond donors (Lipinski definition) is 1. The van der Waals surface area contributed by atoms with Gasteiger partial charge >= 0.3 is 5.97 Å². The van der Waals surface area contributed by atoms with Crippen LogP contribution >= 0.6 is 0 Å². The summed E-state index contributed by atoms with van der Waals surface area (Å²) in [6, 6.07) is 4.48. The molecule has 5 heteroatoms. The number of hydrogen-bond acceptors (Lipinski definition) is 5. The molecule has 1 aliphatic carbocycles. The summed E-state index contributed by atoms with van der Waals surface area (Å²) in [5, 5.41) is 18.6. The van der Waals surface area contributed by atoms with Crippen LogP contribution in [0.15, 0.2) is 12.1 Å². The zero-order valence-electron chi connectivity index (χ0n) is 9.27. The van der Waals surface area contributed by atoms with E-state index in [0.717, 1.165) is 12.8 Å². The lowest BCUT2D eigenvalue weighted by atomic mass is 10.1. The molecular formula is C12H11NO4. The van der Waals surface area contributed by atoms with Gasteiger partial charge in [-0.05, 0) is 25.0 Å². The number of rotatable bonds is 3. The van der Waals surface area contributed by atoms with Gasteiger partial charge in [0.2, 0.25) is 0 Å². The Morgan fingerprint density at radius 3 is 2.76 bits per heavy atom. The number of phenolic OH excluding ortho intramolecular Hbond substituents is 1. The highest BCUT2D eigenvalue weighted by Crippen LogP contribution is 2.36. The van der Waals surface area contributed by atoms with E-state index in [2.05, 4.69) is 4.74 Å². The molecule has 0 atom stereocenters. The molecular weight excluding hydrogens is 222 g/mol. The molecule has 17 heavy (non-hydrogen) atoms. The predicted molar refractivity (Wildman–Crippen MR) is 57.8 cm³/mol. The minimum Gasteiger partial charge on any atom is -0.503 e. The van der Waals surface area contributed by atoms with Gasteiger partial charge in [-0.3, -0.25) is 0 Å². The summed E-state index contributed by atoms with van der Waals surface area (Å²) < 4.78 is 9.99. The van der Waals surface area contributed by atoms with Crippen molar-refractivity contribution in [2.75, 3.05) is 7.11 Å². The Balaban J connectivity index is 2.41. The first kappa shape index (κ1) is 11.3. The first-order chi connectivity index (χ1) is 8.15. The summed E-state index contributed by atoms with van der Waals surface area (Å²) in [6.07, 6.45) is 1.91. The second kappa shape index (κ2) is 4.34. The fraction of sp³-hybridized carbons (Fsp3) is 0.333. The normalized spacial score (nSPS) is 13.9. The summed E-state index contributed by atoms with van der Waals surface area (Å²) in [5.41, 5.74) is 0.195. The fourth-order valence-electron chi connectivity index (χ4n) is 1.38. The van der Waals surface area contributed by atoms with E-state index in [1.165, 1.54) is 19.2 Å². The van der Waals surface area contributed by atoms with Crippen LogP contribution in [0.2, 0.25) is 0 Å². The average molecular weight is 233 g/mol. The SMILES string of the molecule is COC(=O)c1cc(C#N)c(O)c(OC2CC2)c1. The van der Waals surface area contributed by atoms with Crippen LogP contribution in [0.1, 0.15) is 28.8 Å². The number of nitrogens with zero attached hydrogens (tertiary/aromatic N) is 1. The smallest absolute Gasteiger partial charge is 0.338 e. The van der Waals surface area contributed by atoms with Crippen LogP contribution in [-0.2, 0) is 4.74 Å².